The molecule has 0 atom stereocenters. The van der Waals surface area contributed by atoms with Crippen LogP contribution in [0.3, 0.4) is 0 Å². The second-order valence-corrected chi connectivity index (χ2v) is 14.5. The van der Waals surface area contributed by atoms with Crippen molar-refractivity contribution in [1.29, 1.82) is 0 Å². The van der Waals surface area contributed by atoms with Crippen molar-refractivity contribution in [3.05, 3.63) is 134 Å². The maximum absolute atomic E-state index is 6.10. The van der Waals surface area contributed by atoms with Crippen molar-refractivity contribution in [3.63, 3.8) is 0 Å². The molecule has 1 aliphatic rings. The van der Waals surface area contributed by atoms with Crippen LogP contribution in [0.25, 0.3) is 32.7 Å². The van der Waals surface area contributed by atoms with Crippen LogP contribution < -0.4 is 5.46 Å². The van der Waals surface area contributed by atoms with Gasteiger partial charge in [-0.2, -0.15) is 0 Å². The van der Waals surface area contributed by atoms with Gasteiger partial charge in [0.1, 0.15) is 0 Å². The quantitative estimate of drug-likeness (QED) is 0.129. The minimum Gasteiger partial charge on any atom is -0.399 e. The van der Waals surface area contributed by atoms with Gasteiger partial charge in [-0.25, -0.2) is 0 Å². The smallest absolute Gasteiger partial charge is 0.399 e. The number of benzene rings is 4. The van der Waals surface area contributed by atoms with Crippen LogP contribution in [0.4, 0.5) is 0 Å². The van der Waals surface area contributed by atoms with E-state index in [2.05, 4.69) is 159 Å². The zero-order chi connectivity index (χ0) is 31.3. The van der Waals surface area contributed by atoms with Gasteiger partial charge in [0.15, 0.2) is 0 Å². The lowest BCUT2D eigenvalue weighted by Crippen LogP contribution is -2.41. The minimum absolute atomic E-state index is 0.325. The molecule has 0 spiro atoms. The number of aromatic nitrogens is 2. The molecule has 0 aliphatic carbocycles. The Morgan fingerprint density at radius 2 is 1.07 bits per heavy atom. The third-order valence-electron chi connectivity index (χ3n) is 7.83. The van der Waals surface area contributed by atoms with Crippen molar-refractivity contribution in [2.24, 2.45) is 0 Å². The molecule has 8 heteroatoms. The molecule has 222 valence electrons. The normalized spacial score (nSPS) is 14.8. The second kappa shape index (κ2) is 14.2. The summed E-state index contributed by atoms with van der Waals surface area (Å²) in [5.74, 6) is 0. The maximum atomic E-state index is 6.10. The molecule has 1 fully saturated rings. The van der Waals surface area contributed by atoms with Crippen molar-refractivity contribution in [3.8, 4) is 11.1 Å². The molecule has 1 saturated heterocycles. The summed E-state index contributed by atoms with van der Waals surface area (Å²) >= 11 is 9.07. The van der Waals surface area contributed by atoms with Crippen molar-refractivity contribution in [2.75, 3.05) is 0 Å². The number of fused-ring (bicyclic) bond motifs is 2. The molecule has 0 amide bonds. The summed E-state index contributed by atoms with van der Waals surface area (Å²) in [7, 11) is -0.358. The van der Waals surface area contributed by atoms with Gasteiger partial charge in [0.05, 0.1) is 11.2 Å². The summed E-state index contributed by atoms with van der Waals surface area (Å²) in [5, 5.41) is 4.66. The van der Waals surface area contributed by atoms with Crippen LogP contribution >= 0.6 is 54.5 Å². The predicted molar refractivity (Wildman–Crippen MR) is 199 cm³/mol. The average molecular weight is 822 g/mol. The third-order valence-corrected chi connectivity index (χ3v) is 9.61. The second-order valence-electron chi connectivity index (χ2n) is 11.4. The molecule has 7 rings (SSSR count). The lowest BCUT2D eigenvalue weighted by molar-refractivity contribution is 0.00578. The molecular formula is C36H32BBr2IN2O2. The van der Waals surface area contributed by atoms with E-state index in [1.807, 2.05) is 55.1 Å². The van der Waals surface area contributed by atoms with E-state index in [9.17, 15) is 0 Å². The van der Waals surface area contributed by atoms with E-state index in [-0.39, 0.29) is 18.3 Å². The summed E-state index contributed by atoms with van der Waals surface area (Å²) in [6.07, 6.45) is 7.53. The van der Waals surface area contributed by atoms with Gasteiger partial charge in [-0.05, 0) is 108 Å². The molecule has 4 nitrogen and oxygen atoms in total. The average Bonchev–Trinajstić information content (AvgIpc) is 3.25. The highest BCUT2D eigenvalue weighted by molar-refractivity contribution is 14.1. The number of pyridine rings is 2. The van der Waals surface area contributed by atoms with Gasteiger partial charge in [0.2, 0.25) is 0 Å². The van der Waals surface area contributed by atoms with E-state index < -0.39 is 0 Å². The Balaban J connectivity index is 0.000000141. The molecular weight excluding hydrogens is 790 g/mol. The van der Waals surface area contributed by atoms with E-state index in [0.717, 1.165) is 25.2 Å². The van der Waals surface area contributed by atoms with Crippen LogP contribution in [0.5, 0.6) is 0 Å². The van der Waals surface area contributed by atoms with Crippen LogP contribution in [0, 0.1) is 3.57 Å². The van der Waals surface area contributed by atoms with Crippen LogP contribution in [0.2, 0.25) is 0 Å². The molecule has 2 aromatic heterocycles. The van der Waals surface area contributed by atoms with Crippen molar-refractivity contribution < 1.29 is 9.31 Å². The Kier molecular flexibility index (Phi) is 10.6. The molecule has 0 bridgehead atoms. The standard InChI is InChI=1S/C15H18BNO2.C15H10BrN.C6H4BrI/c1-14(2)15(3,4)19-16(18-14)13-10-17-9-11-7-5-6-8-12(11)13;16-13-7-5-11(6-8-13)15-10-17-9-12-3-1-2-4-14(12)15;7-5-1-3-6(8)4-2-5/h5-10H,1-4H3;1-10H;1-4H. The molecule has 0 radical (unpaired) electrons. The first-order valence-electron chi connectivity index (χ1n) is 14.2. The minimum atomic E-state index is -0.358. The lowest BCUT2D eigenvalue weighted by atomic mass is 9.77. The largest absolute Gasteiger partial charge is 0.497 e. The number of nitrogens with zero attached hydrogens (tertiary/aromatic N) is 2. The predicted octanol–water partition coefficient (Wildman–Crippen LogP) is 10.3. The van der Waals surface area contributed by atoms with Gasteiger partial charge in [-0.15, -0.1) is 0 Å². The van der Waals surface area contributed by atoms with E-state index in [0.29, 0.717) is 0 Å². The van der Waals surface area contributed by atoms with Gasteiger partial charge in [0.25, 0.3) is 0 Å². The van der Waals surface area contributed by atoms with E-state index >= 15 is 0 Å². The van der Waals surface area contributed by atoms with Gasteiger partial charge in [0, 0.05) is 53.7 Å². The molecule has 3 heterocycles. The molecule has 4 aromatic carbocycles. The van der Waals surface area contributed by atoms with E-state index in [4.69, 9.17) is 9.31 Å². The van der Waals surface area contributed by atoms with Gasteiger partial charge in [-0.1, -0.05) is 92.5 Å². The molecule has 6 aromatic rings. The summed E-state index contributed by atoms with van der Waals surface area (Å²) in [6.45, 7) is 8.24. The van der Waals surface area contributed by atoms with Crippen LogP contribution in [0.1, 0.15) is 27.7 Å². The SMILES string of the molecule is Brc1ccc(-c2cncc3ccccc23)cc1.Brc1ccc(I)cc1.CC1(C)OB(c2cncc3ccccc23)OC1(C)C. The van der Waals surface area contributed by atoms with Gasteiger partial charge >= 0.3 is 7.12 Å². The molecule has 0 N–H and O–H groups in total. The van der Waals surface area contributed by atoms with Crippen LogP contribution in [-0.2, 0) is 9.31 Å². The Labute approximate surface area is 290 Å². The van der Waals surface area contributed by atoms with Gasteiger partial charge in [-0.3, -0.25) is 9.97 Å². The van der Waals surface area contributed by atoms with Crippen molar-refractivity contribution >= 4 is 88.6 Å². The van der Waals surface area contributed by atoms with E-state index in [1.165, 1.54) is 25.5 Å². The summed E-state index contributed by atoms with van der Waals surface area (Å²) in [6, 6.07) is 33.0. The summed E-state index contributed by atoms with van der Waals surface area (Å²) in [5.41, 5.74) is 2.72. The third kappa shape index (κ3) is 7.77. The lowest BCUT2D eigenvalue weighted by Gasteiger charge is -2.32. The molecule has 1 aliphatic heterocycles. The Morgan fingerprint density at radius 1 is 0.591 bits per heavy atom. The Morgan fingerprint density at radius 3 is 1.64 bits per heavy atom. The molecule has 0 saturated carbocycles. The zero-order valence-electron chi connectivity index (χ0n) is 25.0. The Bertz CT molecular complexity index is 1820. The summed E-state index contributed by atoms with van der Waals surface area (Å²) in [4.78, 5) is 8.59. The highest BCUT2D eigenvalue weighted by Gasteiger charge is 2.52. The molecule has 0 unspecified atom stereocenters. The van der Waals surface area contributed by atoms with Crippen molar-refractivity contribution in [2.45, 2.75) is 38.9 Å². The van der Waals surface area contributed by atoms with Crippen LogP contribution in [0.15, 0.2) is 131 Å². The summed E-state index contributed by atoms with van der Waals surface area (Å²) < 4.78 is 15.7. The Hall–Kier alpha value is -2.63. The first kappa shape index (κ1) is 32.8. The van der Waals surface area contributed by atoms with Crippen LogP contribution in [-0.4, -0.2) is 28.3 Å². The van der Waals surface area contributed by atoms with E-state index in [1.54, 1.807) is 0 Å². The highest BCUT2D eigenvalue weighted by atomic mass is 127. The highest BCUT2D eigenvalue weighted by Crippen LogP contribution is 2.37. The molecule has 44 heavy (non-hydrogen) atoms. The maximum Gasteiger partial charge on any atom is 0.497 e. The number of hydrogen-bond donors (Lipinski definition) is 0. The fourth-order valence-electron chi connectivity index (χ4n) is 4.70. The number of rotatable bonds is 2. The fourth-order valence-corrected chi connectivity index (χ4v) is 5.59. The first-order chi connectivity index (χ1) is 21.0. The zero-order valence-corrected chi connectivity index (χ0v) is 30.3. The number of hydrogen-bond acceptors (Lipinski definition) is 4. The fraction of sp³-hybridized carbons (Fsp3) is 0.167. The topological polar surface area (TPSA) is 44.2 Å². The van der Waals surface area contributed by atoms with Crippen molar-refractivity contribution in [1.82, 2.24) is 9.97 Å². The van der Waals surface area contributed by atoms with Gasteiger partial charge < -0.3 is 9.31 Å². The monoisotopic (exact) mass is 820 g/mol. The number of halogens is 3. The first-order valence-corrected chi connectivity index (χ1v) is 16.9.